The zero-order valence-electron chi connectivity index (χ0n) is 27.0. The summed E-state index contributed by atoms with van der Waals surface area (Å²) in [6.07, 6.45) is 5.42. The molecule has 0 spiro atoms. The lowest BCUT2D eigenvalue weighted by atomic mass is 9.92. The van der Waals surface area contributed by atoms with E-state index in [-0.39, 0.29) is 0 Å². The van der Waals surface area contributed by atoms with Gasteiger partial charge in [-0.2, -0.15) is 0 Å². The van der Waals surface area contributed by atoms with Crippen LogP contribution in [0.5, 0.6) is 0 Å². The Morgan fingerprint density at radius 1 is 0.522 bits per heavy atom. The molecule has 0 unspecified atom stereocenters. The molecule has 46 heavy (non-hydrogen) atoms. The summed E-state index contributed by atoms with van der Waals surface area (Å²) < 4.78 is 16.2. The van der Waals surface area contributed by atoms with E-state index in [1.165, 1.54) is 44.3 Å². The molecule has 0 aliphatic carbocycles. The first-order valence-corrected chi connectivity index (χ1v) is 15.7. The molecule has 0 fully saturated rings. The van der Waals surface area contributed by atoms with E-state index in [1.807, 2.05) is 30.5 Å². The summed E-state index contributed by atoms with van der Waals surface area (Å²) in [7, 11) is 0. The van der Waals surface area contributed by atoms with Crippen molar-refractivity contribution in [1.82, 2.24) is 14.1 Å². The number of imidazole rings is 1. The van der Waals surface area contributed by atoms with Gasteiger partial charge < -0.3 is 13.4 Å². The lowest BCUT2D eigenvalue weighted by molar-refractivity contribution is 0.582. The van der Waals surface area contributed by atoms with Gasteiger partial charge in [0.05, 0.1) is 29.2 Å². The van der Waals surface area contributed by atoms with Gasteiger partial charge in [0.2, 0.25) is 0 Å². The standard InChI is InChI=1S/C41H35N3O2/c1-24-23-42-41(43(24)40-28(5)26(3)25(2)27(4)29(40)6)30-11-15-33(16-12-30)44-36-21-31(38-9-7-19-45-38)13-17-34(36)35-18-14-32(22-37(35)44)39-10-8-20-46-39/h7-23H,1-6H3. The summed E-state index contributed by atoms with van der Waals surface area (Å²) in [5, 5.41) is 2.37. The van der Waals surface area contributed by atoms with E-state index in [4.69, 9.17) is 13.8 Å². The Bertz CT molecular complexity index is 2280. The fourth-order valence-corrected chi connectivity index (χ4v) is 6.99. The van der Waals surface area contributed by atoms with E-state index < -0.39 is 0 Å². The van der Waals surface area contributed by atoms with Gasteiger partial charge in [-0.05, 0) is 130 Å². The number of fused-ring (bicyclic) bond motifs is 3. The highest BCUT2D eigenvalue weighted by molar-refractivity contribution is 6.11. The van der Waals surface area contributed by atoms with Gasteiger partial charge in [0.25, 0.3) is 0 Å². The third kappa shape index (κ3) is 4.19. The van der Waals surface area contributed by atoms with E-state index in [1.54, 1.807) is 12.5 Å². The molecule has 0 saturated carbocycles. The first kappa shape index (κ1) is 28.0. The maximum atomic E-state index is 5.78. The smallest absolute Gasteiger partial charge is 0.144 e. The minimum atomic E-state index is 0.847. The number of hydrogen-bond donors (Lipinski definition) is 0. The van der Waals surface area contributed by atoms with E-state index in [2.05, 4.69) is 111 Å². The highest BCUT2D eigenvalue weighted by Gasteiger charge is 2.20. The van der Waals surface area contributed by atoms with Crippen molar-refractivity contribution in [3.8, 4) is 45.4 Å². The third-order valence-corrected chi connectivity index (χ3v) is 9.88. The molecule has 5 heteroatoms. The van der Waals surface area contributed by atoms with Crippen LogP contribution in [0, 0.1) is 41.5 Å². The molecule has 0 aliphatic rings. The molecular formula is C41H35N3O2. The normalized spacial score (nSPS) is 11.7. The third-order valence-electron chi connectivity index (χ3n) is 9.88. The summed E-state index contributed by atoms with van der Waals surface area (Å²) in [4.78, 5) is 4.93. The zero-order chi connectivity index (χ0) is 31.7. The number of aryl methyl sites for hydroxylation is 1. The van der Waals surface area contributed by atoms with Crippen molar-refractivity contribution in [3.05, 3.63) is 137 Å². The predicted molar refractivity (Wildman–Crippen MR) is 187 cm³/mol. The van der Waals surface area contributed by atoms with Crippen molar-refractivity contribution >= 4 is 21.8 Å². The lowest BCUT2D eigenvalue weighted by Crippen LogP contribution is -2.09. The molecule has 0 radical (unpaired) electrons. The summed E-state index contributed by atoms with van der Waals surface area (Å²) in [6, 6.07) is 29.7. The van der Waals surface area contributed by atoms with Crippen LogP contribution in [0.15, 0.2) is 112 Å². The molecule has 0 aliphatic heterocycles. The molecule has 5 nitrogen and oxygen atoms in total. The number of furan rings is 2. The maximum absolute atomic E-state index is 5.78. The van der Waals surface area contributed by atoms with Crippen LogP contribution in [0.2, 0.25) is 0 Å². The Balaban J connectivity index is 1.31. The number of nitrogens with zero attached hydrogens (tertiary/aromatic N) is 3. The lowest BCUT2D eigenvalue weighted by Gasteiger charge is -2.22. The van der Waals surface area contributed by atoms with Gasteiger partial charge in [0.15, 0.2) is 0 Å². The van der Waals surface area contributed by atoms with Gasteiger partial charge >= 0.3 is 0 Å². The number of rotatable bonds is 5. The predicted octanol–water partition coefficient (Wildman–Crippen LogP) is 11.0. The molecule has 8 aromatic rings. The monoisotopic (exact) mass is 601 g/mol. The van der Waals surface area contributed by atoms with Crippen molar-refractivity contribution in [2.75, 3.05) is 0 Å². The summed E-state index contributed by atoms with van der Waals surface area (Å²) in [5.74, 6) is 2.64. The molecule has 8 rings (SSSR count). The van der Waals surface area contributed by atoms with Crippen molar-refractivity contribution < 1.29 is 8.83 Å². The first-order chi connectivity index (χ1) is 22.3. The van der Waals surface area contributed by atoms with Gasteiger partial charge in [0.1, 0.15) is 17.3 Å². The number of aromatic nitrogens is 3. The summed E-state index contributed by atoms with van der Waals surface area (Å²) >= 11 is 0. The van der Waals surface area contributed by atoms with Crippen LogP contribution in [-0.2, 0) is 0 Å². The molecule has 0 saturated heterocycles. The summed E-state index contributed by atoms with van der Waals surface area (Å²) in [5.41, 5.74) is 15.4. The minimum Gasteiger partial charge on any atom is -0.464 e. The average Bonchev–Trinajstić information content (AvgIpc) is 3.90. The Morgan fingerprint density at radius 2 is 1.02 bits per heavy atom. The van der Waals surface area contributed by atoms with E-state index >= 15 is 0 Å². The highest BCUT2D eigenvalue weighted by Crippen LogP contribution is 2.38. The quantitative estimate of drug-likeness (QED) is 0.197. The van der Waals surface area contributed by atoms with Gasteiger partial charge in [0, 0.05) is 45.0 Å². The van der Waals surface area contributed by atoms with Crippen molar-refractivity contribution in [3.63, 3.8) is 0 Å². The van der Waals surface area contributed by atoms with E-state index in [9.17, 15) is 0 Å². The largest absolute Gasteiger partial charge is 0.464 e. The van der Waals surface area contributed by atoms with Crippen molar-refractivity contribution in [2.24, 2.45) is 0 Å². The van der Waals surface area contributed by atoms with Gasteiger partial charge in [-0.1, -0.05) is 24.3 Å². The Kier molecular flexibility index (Phi) is 6.40. The Labute approximate surface area is 268 Å². The SMILES string of the molecule is Cc1c(C)c(C)c(-n2c(C)cnc2-c2ccc(-n3c4cc(-c5ccco5)ccc4c4ccc(-c5ccco5)cc43)cc2)c(C)c1C. The van der Waals surface area contributed by atoms with Crippen LogP contribution in [0.25, 0.3) is 67.2 Å². The van der Waals surface area contributed by atoms with Crippen LogP contribution in [0.4, 0.5) is 0 Å². The molecular weight excluding hydrogens is 566 g/mol. The van der Waals surface area contributed by atoms with Gasteiger partial charge in [-0.15, -0.1) is 0 Å². The van der Waals surface area contributed by atoms with Crippen molar-refractivity contribution in [1.29, 1.82) is 0 Å². The maximum Gasteiger partial charge on any atom is 0.144 e. The molecule has 4 heterocycles. The topological polar surface area (TPSA) is 49.0 Å². The summed E-state index contributed by atoms with van der Waals surface area (Å²) in [6.45, 7) is 13.3. The fraction of sp³-hybridized carbons (Fsp3) is 0.146. The molecule has 0 bridgehead atoms. The number of hydrogen-bond acceptors (Lipinski definition) is 3. The molecule has 4 aromatic heterocycles. The van der Waals surface area contributed by atoms with E-state index in [0.717, 1.165) is 56.4 Å². The number of benzene rings is 4. The Morgan fingerprint density at radius 3 is 1.52 bits per heavy atom. The zero-order valence-corrected chi connectivity index (χ0v) is 27.0. The molecule has 226 valence electrons. The average molecular weight is 602 g/mol. The second-order valence-corrected chi connectivity index (χ2v) is 12.3. The van der Waals surface area contributed by atoms with Gasteiger partial charge in [-0.25, -0.2) is 4.98 Å². The van der Waals surface area contributed by atoms with Crippen LogP contribution in [-0.4, -0.2) is 14.1 Å². The molecule has 4 aromatic carbocycles. The molecule has 0 N–H and O–H groups in total. The first-order valence-electron chi connectivity index (χ1n) is 15.7. The Hall–Kier alpha value is -5.55. The fourth-order valence-electron chi connectivity index (χ4n) is 6.99. The molecule has 0 atom stereocenters. The van der Waals surface area contributed by atoms with Crippen LogP contribution in [0.1, 0.15) is 33.5 Å². The highest BCUT2D eigenvalue weighted by atomic mass is 16.3. The second-order valence-electron chi connectivity index (χ2n) is 12.3. The van der Waals surface area contributed by atoms with Crippen LogP contribution >= 0.6 is 0 Å². The molecule has 0 amide bonds. The van der Waals surface area contributed by atoms with Crippen LogP contribution < -0.4 is 0 Å². The second kappa shape index (κ2) is 10.5. The van der Waals surface area contributed by atoms with Gasteiger partial charge in [-0.3, -0.25) is 4.57 Å². The minimum absolute atomic E-state index is 0.847. The van der Waals surface area contributed by atoms with E-state index in [0.29, 0.717) is 0 Å². The van der Waals surface area contributed by atoms with Crippen molar-refractivity contribution in [2.45, 2.75) is 41.5 Å². The van der Waals surface area contributed by atoms with Crippen LogP contribution in [0.3, 0.4) is 0 Å².